The first-order valence-electron chi connectivity index (χ1n) is 18.2. The lowest BCUT2D eigenvalue weighted by atomic mass is 9.79. The zero-order valence-electron chi connectivity index (χ0n) is 30.7. The van der Waals surface area contributed by atoms with Crippen molar-refractivity contribution < 1.29 is 23.6 Å². The van der Waals surface area contributed by atoms with Crippen molar-refractivity contribution in [2.75, 3.05) is 39.0 Å². The van der Waals surface area contributed by atoms with Crippen molar-refractivity contribution in [1.29, 1.82) is 0 Å². The molecule has 3 aliphatic rings. The fraction of sp³-hybridized carbons (Fsp3) is 0.649. The minimum absolute atomic E-state index is 0.0193. The van der Waals surface area contributed by atoms with Gasteiger partial charge in [0, 0.05) is 56.9 Å². The minimum Gasteiger partial charge on any atom is -0.339 e. The van der Waals surface area contributed by atoms with E-state index < -0.39 is 35.6 Å². The number of benzene rings is 1. The molecule has 0 bridgehead atoms. The van der Waals surface area contributed by atoms with Crippen molar-refractivity contribution >= 4 is 29.4 Å². The molecular formula is C37H55FN8O4. The van der Waals surface area contributed by atoms with E-state index in [1.54, 1.807) is 39.9 Å². The Morgan fingerprint density at radius 1 is 1.04 bits per heavy atom. The fourth-order valence-corrected chi connectivity index (χ4v) is 7.22. The van der Waals surface area contributed by atoms with E-state index in [1.165, 1.54) is 12.1 Å². The van der Waals surface area contributed by atoms with Crippen LogP contribution in [-0.2, 0) is 16.1 Å². The third-order valence-corrected chi connectivity index (χ3v) is 11.2. The fourth-order valence-electron chi connectivity index (χ4n) is 7.22. The number of carbonyl (C=O) groups excluding carboxylic acids is 4. The molecule has 1 aliphatic heterocycles. The Morgan fingerprint density at radius 2 is 1.74 bits per heavy atom. The Balaban J connectivity index is 1.34. The largest absolute Gasteiger partial charge is 0.339 e. The van der Waals surface area contributed by atoms with Gasteiger partial charge in [0.2, 0.25) is 11.8 Å². The highest BCUT2D eigenvalue weighted by molar-refractivity contribution is 6.00. The Morgan fingerprint density at radius 3 is 2.36 bits per heavy atom. The summed E-state index contributed by atoms with van der Waals surface area (Å²) in [6.07, 6.45) is 6.83. The van der Waals surface area contributed by atoms with Gasteiger partial charge in [0.25, 0.3) is 5.91 Å². The first-order chi connectivity index (χ1) is 23.7. The van der Waals surface area contributed by atoms with E-state index in [2.05, 4.69) is 46.7 Å². The predicted octanol–water partition coefficient (Wildman–Crippen LogP) is 4.43. The highest BCUT2D eigenvalue weighted by atomic mass is 19.1. The molecule has 2 saturated carbocycles. The number of aryl methyl sites for hydroxylation is 1. The summed E-state index contributed by atoms with van der Waals surface area (Å²) in [6.45, 7) is 12.3. The van der Waals surface area contributed by atoms with Crippen LogP contribution < -0.4 is 16.0 Å². The summed E-state index contributed by atoms with van der Waals surface area (Å²) in [5, 5.41) is 12.8. The van der Waals surface area contributed by atoms with Gasteiger partial charge in [-0.1, -0.05) is 32.8 Å². The van der Waals surface area contributed by atoms with E-state index >= 15 is 4.39 Å². The summed E-state index contributed by atoms with van der Waals surface area (Å²) in [6, 6.07) is 4.15. The van der Waals surface area contributed by atoms with Crippen molar-refractivity contribution in [3.05, 3.63) is 47.5 Å². The number of hydrogen-bond acceptors (Lipinski definition) is 6. The Hall–Kier alpha value is -4.00. The molecule has 13 heteroatoms. The molecule has 5 amide bonds. The molecular weight excluding hydrogens is 639 g/mol. The maximum absolute atomic E-state index is 15.9. The number of piperazine rings is 1. The van der Waals surface area contributed by atoms with E-state index in [1.807, 2.05) is 20.9 Å². The van der Waals surface area contributed by atoms with Gasteiger partial charge < -0.3 is 25.8 Å². The number of anilines is 1. The van der Waals surface area contributed by atoms with Crippen LogP contribution in [0.1, 0.15) is 95.1 Å². The predicted molar refractivity (Wildman–Crippen MR) is 190 cm³/mol. The topological polar surface area (TPSA) is 132 Å². The van der Waals surface area contributed by atoms with Crippen LogP contribution in [-0.4, -0.2) is 106 Å². The maximum Gasteiger partial charge on any atom is 0.318 e. The van der Waals surface area contributed by atoms with Gasteiger partial charge in [0.1, 0.15) is 23.6 Å². The SMILES string of the molecule is CCn1nccc1C(=O)N[C@H](C(=O)Nc1ccc([C@H](C)[C@@H](NC(=O)N(C)C2CC2)C(=O)N2CCN(C)C(C)(C)C2)cc1F)[C@H]1CC[C@H](C)CC1. The molecule has 0 radical (unpaired) electrons. The van der Waals surface area contributed by atoms with E-state index in [9.17, 15) is 19.2 Å². The van der Waals surface area contributed by atoms with E-state index in [0.717, 1.165) is 38.5 Å². The average molecular weight is 695 g/mol. The Labute approximate surface area is 295 Å². The van der Waals surface area contributed by atoms with Crippen molar-refractivity contribution in [1.82, 2.24) is 35.1 Å². The maximum atomic E-state index is 15.9. The van der Waals surface area contributed by atoms with Gasteiger partial charge in [-0.3, -0.25) is 24.0 Å². The van der Waals surface area contributed by atoms with E-state index in [4.69, 9.17) is 0 Å². The molecule has 0 spiro atoms. The molecule has 1 aromatic heterocycles. The molecule has 2 heterocycles. The number of nitrogens with one attached hydrogen (secondary N) is 3. The summed E-state index contributed by atoms with van der Waals surface area (Å²) < 4.78 is 17.4. The molecule has 2 aromatic rings. The van der Waals surface area contributed by atoms with Gasteiger partial charge >= 0.3 is 6.03 Å². The number of likely N-dealkylation sites (N-methyl/N-ethyl adjacent to an activating group) is 1. The number of carbonyl (C=O) groups is 4. The van der Waals surface area contributed by atoms with Crippen molar-refractivity contribution in [3.63, 3.8) is 0 Å². The van der Waals surface area contributed by atoms with Crippen molar-refractivity contribution in [2.45, 2.75) is 109 Å². The summed E-state index contributed by atoms with van der Waals surface area (Å²) >= 11 is 0. The summed E-state index contributed by atoms with van der Waals surface area (Å²) in [5.41, 5.74) is 0.612. The first-order valence-corrected chi connectivity index (χ1v) is 18.2. The second-order valence-electron chi connectivity index (χ2n) is 15.3. The zero-order chi connectivity index (χ0) is 36.3. The van der Waals surface area contributed by atoms with Gasteiger partial charge in [-0.15, -0.1) is 0 Å². The third-order valence-electron chi connectivity index (χ3n) is 11.2. The molecule has 1 saturated heterocycles. The number of amides is 5. The standard InChI is InChI=1S/C37H55FN8O4/c1-8-46-30(17-18-39-46)33(47)41-32(25-11-9-23(2)10-12-25)34(48)40-29-16-13-26(21-28(29)38)24(3)31(42-36(50)44(7)27-14-15-27)35(49)45-20-19-43(6)37(4,5)22-45/h13,16-18,21,23-25,27,31-32H,8-12,14-15,19-20,22H2,1-7H3,(H,40,48)(H,41,47)(H,42,50)/t23-,24-,25-,31+,32-/m0/s1. The van der Waals surface area contributed by atoms with Gasteiger partial charge in [-0.25, -0.2) is 9.18 Å². The Kier molecular flexibility index (Phi) is 11.5. The second kappa shape index (κ2) is 15.5. The normalized spacial score (nSPS) is 22.6. The lowest BCUT2D eigenvalue weighted by Gasteiger charge is -2.46. The van der Waals surface area contributed by atoms with Crippen molar-refractivity contribution in [2.24, 2.45) is 11.8 Å². The van der Waals surface area contributed by atoms with Crippen LogP contribution in [0.3, 0.4) is 0 Å². The molecule has 3 fully saturated rings. The molecule has 3 atom stereocenters. The van der Waals surface area contributed by atoms with Crippen LogP contribution in [0, 0.1) is 17.7 Å². The van der Waals surface area contributed by atoms with Gasteiger partial charge in [-0.05, 0) is 89.1 Å². The van der Waals surface area contributed by atoms with Crippen LogP contribution in [0.25, 0.3) is 0 Å². The monoisotopic (exact) mass is 694 g/mol. The molecule has 5 rings (SSSR count). The highest BCUT2D eigenvalue weighted by Crippen LogP contribution is 2.32. The van der Waals surface area contributed by atoms with Crippen LogP contribution in [0.2, 0.25) is 0 Å². The van der Waals surface area contributed by atoms with Crippen molar-refractivity contribution in [3.8, 4) is 0 Å². The summed E-state index contributed by atoms with van der Waals surface area (Å²) in [4.78, 5) is 60.1. The summed E-state index contributed by atoms with van der Waals surface area (Å²) in [5.74, 6) is -1.89. The lowest BCUT2D eigenvalue weighted by Crippen LogP contribution is -2.62. The number of aromatic nitrogens is 2. The molecule has 12 nitrogen and oxygen atoms in total. The van der Waals surface area contributed by atoms with E-state index in [-0.39, 0.29) is 35.1 Å². The van der Waals surface area contributed by atoms with Gasteiger partial charge in [0.15, 0.2) is 0 Å². The summed E-state index contributed by atoms with van der Waals surface area (Å²) in [7, 11) is 3.77. The van der Waals surface area contributed by atoms with Crippen LogP contribution >= 0.6 is 0 Å². The molecule has 2 aliphatic carbocycles. The first kappa shape index (κ1) is 37.3. The van der Waals surface area contributed by atoms with Crippen LogP contribution in [0.4, 0.5) is 14.9 Å². The zero-order valence-corrected chi connectivity index (χ0v) is 30.7. The third kappa shape index (κ3) is 8.47. The quantitative estimate of drug-likeness (QED) is 0.319. The molecule has 50 heavy (non-hydrogen) atoms. The number of hydrogen-bond donors (Lipinski definition) is 3. The average Bonchev–Trinajstić information content (AvgIpc) is 3.83. The number of halogens is 1. The Bertz CT molecular complexity index is 1550. The number of urea groups is 1. The van der Waals surface area contributed by atoms with E-state index in [0.29, 0.717) is 43.4 Å². The number of rotatable bonds is 11. The van der Waals surface area contributed by atoms with Crippen LogP contribution in [0.5, 0.6) is 0 Å². The second-order valence-corrected chi connectivity index (χ2v) is 15.3. The number of nitrogens with zero attached hydrogens (tertiary/aromatic N) is 5. The molecule has 0 unspecified atom stereocenters. The molecule has 3 N–H and O–H groups in total. The highest BCUT2D eigenvalue weighted by Gasteiger charge is 2.40. The lowest BCUT2D eigenvalue weighted by molar-refractivity contribution is -0.138. The molecule has 1 aromatic carbocycles. The van der Waals surface area contributed by atoms with Gasteiger partial charge in [0.05, 0.1) is 5.69 Å². The smallest absolute Gasteiger partial charge is 0.318 e. The molecule has 274 valence electrons. The minimum atomic E-state index is -0.924. The van der Waals surface area contributed by atoms with Gasteiger partial charge in [-0.2, -0.15) is 5.10 Å². The van der Waals surface area contributed by atoms with Crippen LogP contribution in [0.15, 0.2) is 30.5 Å².